The van der Waals surface area contributed by atoms with Crippen LogP contribution in [0, 0.1) is 27.7 Å². The summed E-state index contributed by atoms with van der Waals surface area (Å²) < 4.78 is 2.65. The lowest BCUT2D eigenvalue weighted by atomic mass is 9.68. The second-order valence-corrected chi connectivity index (χ2v) is 21.2. The van der Waals surface area contributed by atoms with Crippen LogP contribution in [0.3, 0.4) is 0 Å². The van der Waals surface area contributed by atoms with E-state index >= 15 is 0 Å². The summed E-state index contributed by atoms with van der Waals surface area (Å²) in [6.07, 6.45) is 0. The summed E-state index contributed by atoms with van der Waals surface area (Å²) in [6.45, 7) is 18.6. The van der Waals surface area contributed by atoms with Crippen LogP contribution in [0.2, 0.25) is 0 Å². The van der Waals surface area contributed by atoms with E-state index < -0.39 is 0 Å². The molecule has 10 aromatic carbocycles. The molecule has 2 aliphatic rings. The van der Waals surface area contributed by atoms with Gasteiger partial charge in [-0.3, -0.25) is 0 Å². The van der Waals surface area contributed by atoms with E-state index in [9.17, 15) is 0 Å². The number of anilines is 6. The second kappa shape index (κ2) is 15.7. The molecule has 71 heavy (non-hydrogen) atoms. The maximum Gasteiger partial charge on any atom is 0.0582 e. The molecule has 0 atom stereocenters. The number of nitrogens with zero attached hydrogens (tertiary/aromatic N) is 3. The van der Waals surface area contributed by atoms with Gasteiger partial charge in [0.25, 0.3) is 0 Å². The highest BCUT2D eigenvalue weighted by Gasteiger charge is 2.44. The fraction of sp³-hybridized carbons (Fsp3) is 0.147. The van der Waals surface area contributed by atoms with Crippen LogP contribution in [0.25, 0.3) is 60.5 Å². The van der Waals surface area contributed by atoms with Gasteiger partial charge in [0.05, 0.1) is 22.4 Å². The standard InChI is InChI=1S/C68H57N3/c1-42-20-9-15-28-59(42)69(60-29-16-10-21-43(60)2)49-34-32-46(33-35-49)47-38-53-54-39-48(41-58-65(54)71-64(53)57(40-47)67(5,6)55-26-19-27-56(66(55)71)68(58,7)8)50-36-37-63(52-25-14-13-24-51(50)52)70(61-30-17-11-22-44(61)3)62-31-18-12-23-45(62)4/h9-41H,1-8H3. The first-order valence-electron chi connectivity index (χ1n) is 25.2. The van der Waals surface area contributed by atoms with E-state index in [4.69, 9.17) is 0 Å². The number of aromatic nitrogens is 1. The van der Waals surface area contributed by atoms with E-state index in [0.29, 0.717) is 0 Å². The Hall–Kier alpha value is -8.14. The van der Waals surface area contributed by atoms with Crippen molar-refractivity contribution in [3.8, 4) is 27.9 Å². The number of hydrogen-bond donors (Lipinski definition) is 0. The van der Waals surface area contributed by atoms with E-state index in [1.165, 1.54) is 133 Å². The first-order chi connectivity index (χ1) is 34.4. The lowest BCUT2D eigenvalue weighted by Crippen LogP contribution is -2.33. The molecule has 3 heterocycles. The largest absolute Gasteiger partial charge is 0.310 e. The van der Waals surface area contributed by atoms with E-state index in [2.05, 4.69) is 270 Å². The normalized spacial score (nSPS) is 13.9. The van der Waals surface area contributed by atoms with Crippen molar-refractivity contribution in [3.05, 3.63) is 245 Å². The topological polar surface area (TPSA) is 11.4 Å². The zero-order valence-corrected chi connectivity index (χ0v) is 41.9. The number of aryl methyl sites for hydroxylation is 4. The van der Waals surface area contributed by atoms with Gasteiger partial charge in [0.15, 0.2) is 0 Å². The third kappa shape index (κ3) is 6.28. The van der Waals surface area contributed by atoms with Gasteiger partial charge in [0.1, 0.15) is 0 Å². The molecule has 0 bridgehead atoms. The Labute approximate surface area is 417 Å². The van der Waals surface area contributed by atoms with Crippen LogP contribution < -0.4 is 9.80 Å². The van der Waals surface area contributed by atoms with E-state index in [-0.39, 0.29) is 10.8 Å². The zero-order chi connectivity index (χ0) is 48.5. The molecule has 0 radical (unpaired) electrons. The molecule has 3 nitrogen and oxygen atoms in total. The predicted octanol–water partition coefficient (Wildman–Crippen LogP) is 18.7. The summed E-state index contributed by atoms with van der Waals surface area (Å²) >= 11 is 0. The van der Waals surface area contributed by atoms with Gasteiger partial charge >= 0.3 is 0 Å². The van der Waals surface area contributed by atoms with Crippen molar-refractivity contribution in [1.82, 2.24) is 4.57 Å². The Balaban J connectivity index is 1.04. The quantitative estimate of drug-likeness (QED) is 0.150. The van der Waals surface area contributed by atoms with Crippen molar-refractivity contribution in [3.63, 3.8) is 0 Å². The van der Waals surface area contributed by atoms with Gasteiger partial charge in [-0.15, -0.1) is 0 Å². The van der Waals surface area contributed by atoms with Crippen molar-refractivity contribution in [2.45, 2.75) is 66.2 Å². The average molecular weight is 916 g/mol. The molecule has 0 fully saturated rings. The van der Waals surface area contributed by atoms with Crippen LogP contribution in [0.1, 0.15) is 72.2 Å². The fourth-order valence-corrected chi connectivity index (χ4v) is 12.4. The van der Waals surface area contributed by atoms with E-state index in [0.717, 1.165) is 5.69 Å². The third-order valence-electron chi connectivity index (χ3n) is 16.2. The summed E-state index contributed by atoms with van der Waals surface area (Å²) in [4.78, 5) is 4.87. The van der Waals surface area contributed by atoms with Crippen molar-refractivity contribution >= 4 is 66.7 Å². The number of rotatable bonds is 8. The summed E-state index contributed by atoms with van der Waals surface area (Å²) in [5.41, 5.74) is 25.9. The predicted molar refractivity (Wildman–Crippen MR) is 302 cm³/mol. The Morgan fingerprint density at radius 2 is 0.761 bits per heavy atom. The second-order valence-electron chi connectivity index (χ2n) is 21.2. The van der Waals surface area contributed by atoms with Gasteiger partial charge in [0.2, 0.25) is 0 Å². The number of benzene rings is 10. The maximum atomic E-state index is 2.65. The maximum absolute atomic E-state index is 2.65. The van der Waals surface area contributed by atoms with Crippen LogP contribution in [0.5, 0.6) is 0 Å². The van der Waals surface area contributed by atoms with Gasteiger partial charge < -0.3 is 14.4 Å². The van der Waals surface area contributed by atoms with Crippen molar-refractivity contribution < 1.29 is 0 Å². The zero-order valence-electron chi connectivity index (χ0n) is 41.9. The highest BCUT2D eigenvalue weighted by molar-refractivity contribution is 6.17. The molecular weight excluding hydrogens is 859 g/mol. The highest BCUT2D eigenvalue weighted by Crippen LogP contribution is 2.57. The molecule has 13 rings (SSSR count). The number of hydrogen-bond acceptors (Lipinski definition) is 2. The molecule has 0 spiro atoms. The minimum absolute atomic E-state index is 0.237. The molecule has 0 saturated carbocycles. The molecule has 11 aromatic rings. The SMILES string of the molecule is Cc1ccccc1N(c1ccc(-c2cc3c4c(c2)c2cc(-c5ccc(N(c6ccccc6C)c6ccccc6C)c6ccccc56)cc5c2n4-c2c(cccc2C5(C)C)C3(C)C)cc1)c1ccccc1C. The number of para-hydroxylation sites is 5. The molecule has 0 N–H and O–H groups in total. The first kappa shape index (κ1) is 42.9. The molecule has 0 unspecified atom stereocenters. The minimum atomic E-state index is -0.251. The van der Waals surface area contributed by atoms with Crippen LogP contribution in [-0.2, 0) is 10.8 Å². The van der Waals surface area contributed by atoms with Crippen LogP contribution in [0.15, 0.2) is 200 Å². The highest BCUT2D eigenvalue weighted by atomic mass is 15.2. The lowest BCUT2D eigenvalue weighted by molar-refractivity contribution is 0.594. The Bertz CT molecular complexity index is 3900. The molecule has 3 heteroatoms. The van der Waals surface area contributed by atoms with Gasteiger partial charge in [-0.2, -0.15) is 0 Å². The molecule has 0 amide bonds. The minimum Gasteiger partial charge on any atom is -0.310 e. The molecule has 0 saturated heterocycles. The summed E-state index contributed by atoms with van der Waals surface area (Å²) in [5, 5.41) is 5.07. The van der Waals surface area contributed by atoms with Crippen LogP contribution >= 0.6 is 0 Å². The molecular formula is C68H57N3. The first-order valence-corrected chi connectivity index (χ1v) is 25.2. The molecule has 344 valence electrons. The van der Waals surface area contributed by atoms with E-state index in [1.807, 2.05) is 0 Å². The van der Waals surface area contributed by atoms with E-state index in [1.54, 1.807) is 0 Å². The Morgan fingerprint density at radius 1 is 0.324 bits per heavy atom. The fourth-order valence-electron chi connectivity index (χ4n) is 12.4. The molecule has 1 aromatic heterocycles. The number of fused-ring (bicyclic) bond motifs is 2. The molecule has 2 aliphatic heterocycles. The van der Waals surface area contributed by atoms with Gasteiger partial charge in [0, 0.05) is 55.4 Å². The monoisotopic (exact) mass is 915 g/mol. The summed E-state index contributed by atoms with van der Waals surface area (Å²) in [5.74, 6) is 0. The van der Waals surface area contributed by atoms with Gasteiger partial charge in [-0.1, -0.05) is 161 Å². The molecule has 0 aliphatic carbocycles. The van der Waals surface area contributed by atoms with Crippen LogP contribution in [0.4, 0.5) is 34.1 Å². The Kier molecular flexibility index (Phi) is 9.48. The van der Waals surface area contributed by atoms with Gasteiger partial charge in [-0.05, 0) is 167 Å². The van der Waals surface area contributed by atoms with Crippen molar-refractivity contribution in [2.75, 3.05) is 9.80 Å². The average Bonchev–Trinajstić information content (AvgIpc) is 3.72. The third-order valence-corrected chi connectivity index (χ3v) is 16.2. The van der Waals surface area contributed by atoms with Crippen molar-refractivity contribution in [1.29, 1.82) is 0 Å². The lowest BCUT2D eigenvalue weighted by Gasteiger charge is -2.42. The summed E-state index contributed by atoms with van der Waals surface area (Å²) in [7, 11) is 0. The summed E-state index contributed by atoms with van der Waals surface area (Å²) in [6, 6.07) is 75.0. The van der Waals surface area contributed by atoms with Crippen LogP contribution in [-0.4, -0.2) is 4.57 Å². The Morgan fingerprint density at radius 3 is 1.27 bits per heavy atom. The smallest absolute Gasteiger partial charge is 0.0582 e. The van der Waals surface area contributed by atoms with Gasteiger partial charge in [-0.25, -0.2) is 0 Å². The van der Waals surface area contributed by atoms with Crippen molar-refractivity contribution in [2.24, 2.45) is 0 Å².